The van der Waals surface area contributed by atoms with Gasteiger partial charge in [0.2, 0.25) is 11.8 Å². The van der Waals surface area contributed by atoms with Crippen molar-refractivity contribution >= 4 is 11.7 Å². The molecule has 10 nitrogen and oxygen atoms in total. The molecule has 1 aromatic carbocycles. The Morgan fingerprint density at radius 1 is 1.06 bits per heavy atom. The van der Waals surface area contributed by atoms with E-state index in [1.54, 1.807) is 47.9 Å². The maximum atomic E-state index is 12.8. The summed E-state index contributed by atoms with van der Waals surface area (Å²) in [6.07, 6.45) is -2.53. The third-order valence-corrected chi connectivity index (χ3v) is 5.54. The molecule has 0 spiro atoms. The van der Waals surface area contributed by atoms with Gasteiger partial charge in [-0.2, -0.15) is 0 Å². The number of carbonyl (C=O) groups is 1. The highest BCUT2D eigenvalue weighted by atomic mass is 19.3. The third-order valence-electron chi connectivity index (χ3n) is 5.54. The first-order valence-electron chi connectivity index (χ1n) is 10.7. The monoisotopic (exact) mass is 473 g/mol. The lowest BCUT2D eigenvalue weighted by molar-refractivity contribution is -0.131. The fourth-order valence-corrected chi connectivity index (χ4v) is 3.55. The van der Waals surface area contributed by atoms with Gasteiger partial charge in [-0.15, -0.1) is 15.3 Å². The van der Waals surface area contributed by atoms with Crippen molar-refractivity contribution in [3.8, 4) is 11.6 Å². The molecule has 1 saturated heterocycles. The Hall–Kier alpha value is -3.67. The summed E-state index contributed by atoms with van der Waals surface area (Å²) in [5.41, 5.74) is 1.84. The summed E-state index contributed by atoms with van der Waals surface area (Å²) in [5.74, 6) is 0.909. The number of methoxy groups -OCH3 is 1. The van der Waals surface area contributed by atoms with Gasteiger partial charge in [-0.3, -0.25) is 4.79 Å². The van der Waals surface area contributed by atoms with Gasteiger partial charge >= 0.3 is 0 Å². The molecule has 180 valence electrons. The molecule has 1 fully saturated rings. The molecular formula is C22H25F2N7O3. The Kier molecular flexibility index (Phi) is 7.26. The number of aryl methyl sites for hydroxylation is 1. The van der Waals surface area contributed by atoms with Gasteiger partial charge in [-0.1, -0.05) is 17.3 Å². The number of alkyl halides is 2. The molecule has 0 unspecified atom stereocenters. The van der Waals surface area contributed by atoms with Crippen molar-refractivity contribution in [1.29, 1.82) is 0 Å². The van der Waals surface area contributed by atoms with E-state index in [2.05, 4.69) is 20.5 Å². The van der Waals surface area contributed by atoms with E-state index in [-0.39, 0.29) is 24.6 Å². The van der Waals surface area contributed by atoms with Crippen LogP contribution in [0.2, 0.25) is 0 Å². The fraction of sp³-hybridized carbons (Fsp3) is 0.409. The van der Waals surface area contributed by atoms with Gasteiger partial charge in [0.15, 0.2) is 5.82 Å². The number of rotatable bonds is 9. The number of anilines is 1. The van der Waals surface area contributed by atoms with Crippen LogP contribution >= 0.6 is 0 Å². The number of carbonyl (C=O) groups excluding carboxylic acids is 1. The minimum atomic E-state index is -2.53. The Balaban J connectivity index is 1.38. The molecule has 0 bridgehead atoms. The molecule has 0 atom stereocenters. The highest BCUT2D eigenvalue weighted by Crippen LogP contribution is 2.22. The average Bonchev–Trinajstić information content (AvgIpc) is 3.22. The Bertz CT molecular complexity index is 1110. The Morgan fingerprint density at radius 2 is 1.85 bits per heavy atom. The lowest BCUT2D eigenvalue weighted by Crippen LogP contribution is -2.51. The van der Waals surface area contributed by atoms with E-state index in [0.717, 1.165) is 0 Å². The van der Waals surface area contributed by atoms with Crippen LogP contribution in [0.25, 0.3) is 5.69 Å². The number of hydrogen-bond acceptors (Lipinski definition) is 8. The summed E-state index contributed by atoms with van der Waals surface area (Å²) >= 11 is 0. The van der Waals surface area contributed by atoms with E-state index in [9.17, 15) is 13.6 Å². The topological polar surface area (TPSA) is 98.5 Å². The van der Waals surface area contributed by atoms with Gasteiger partial charge in [-0.25, -0.2) is 13.5 Å². The molecule has 1 aliphatic heterocycles. The molecule has 2 aromatic heterocycles. The van der Waals surface area contributed by atoms with Crippen molar-refractivity contribution in [3.05, 3.63) is 53.3 Å². The van der Waals surface area contributed by atoms with Crippen LogP contribution in [-0.4, -0.2) is 75.9 Å². The van der Waals surface area contributed by atoms with Crippen molar-refractivity contribution in [2.75, 3.05) is 44.8 Å². The molecule has 1 aliphatic rings. The van der Waals surface area contributed by atoms with E-state index in [4.69, 9.17) is 9.47 Å². The Morgan fingerprint density at radius 3 is 2.50 bits per heavy atom. The fourth-order valence-electron chi connectivity index (χ4n) is 3.55. The van der Waals surface area contributed by atoms with Crippen LogP contribution in [0.1, 0.15) is 23.4 Å². The highest BCUT2D eigenvalue weighted by Gasteiger charge is 2.24. The molecule has 34 heavy (non-hydrogen) atoms. The first kappa shape index (κ1) is 23.5. The Labute approximate surface area is 195 Å². The van der Waals surface area contributed by atoms with E-state index >= 15 is 0 Å². The van der Waals surface area contributed by atoms with Gasteiger partial charge in [-0.05, 0) is 25.1 Å². The molecule has 0 N–H and O–H groups in total. The summed E-state index contributed by atoms with van der Waals surface area (Å²) in [5, 5.41) is 16.5. The van der Waals surface area contributed by atoms with E-state index in [1.165, 1.54) is 12.1 Å². The van der Waals surface area contributed by atoms with Crippen LogP contribution in [0.4, 0.5) is 14.6 Å². The van der Waals surface area contributed by atoms with Crippen LogP contribution in [0.5, 0.6) is 5.88 Å². The van der Waals surface area contributed by atoms with Gasteiger partial charge in [0.1, 0.15) is 12.3 Å². The van der Waals surface area contributed by atoms with Crippen LogP contribution in [0.15, 0.2) is 36.4 Å². The van der Waals surface area contributed by atoms with Crippen molar-refractivity contribution in [2.24, 2.45) is 0 Å². The number of benzene rings is 1. The van der Waals surface area contributed by atoms with E-state index in [1.807, 2.05) is 4.90 Å². The predicted octanol–water partition coefficient (Wildman–Crippen LogP) is 2.18. The smallest absolute Gasteiger partial charge is 0.263 e. The SMILES string of the molecule is COCCN1CCN(c2ccc(OCc3c(C)nnn3-c3ccc(C(F)F)cc3)nn2)CC1=O. The van der Waals surface area contributed by atoms with Crippen LogP contribution in [0, 0.1) is 6.92 Å². The van der Waals surface area contributed by atoms with Crippen molar-refractivity contribution in [3.63, 3.8) is 0 Å². The average molecular weight is 473 g/mol. The van der Waals surface area contributed by atoms with Crippen molar-refractivity contribution in [1.82, 2.24) is 30.1 Å². The van der Waals surface area contributed by atoms with Crippen molar-refractivity contribution in [2.45, 2.75) is 20.0 Å². The van der Waals surface area contributed by atoms with Gasteiger partial charge in [0.25, 0.3) is 6.43 Å². The zero-order chi connectivity index (χ0) is 24.1. The first-order valence-corrected chi connectivity index (χ1v) is 10.7. The van der Waals surface area contributed by atoms with Crippen molar-refractivity contribution < 1.29 is 23.0 Å². The van der Waals surface area contributed by atoms with Crippen LogP contribution < -0.4 is 9.64 Å². The number of aromatic nitrogens is 5. The standard InChI is InChI=1S/C22H25F2N7O3/c1-15-18(31(28-25-15)17-5-3-16(4-6-17)22(23)24)14-34-20-8-7-19(26-27-20)30-10-9-29(11-12-33-2)21(32)13-30/h3-8,22H,9-14H2,1-2H3. The molecule has 12 heteroatoms. The molecule has 0 aliphatic carbocycles. The minimum Gasteiger partial charge on any atom is -0.470 e. The molecule has 3 aromatic rings. The van der Waals surface area contributed by atoms with E-state index < -0.39 is 6.43 Å². The second-order valence-electron chi connectivity index (χ2n) is 7.74. The number of hydrogen-bond donors (Lipinski definition) is 0. The van der Waals surface area contributed by atoms with Crippen LogP contribution in [0.3, 0.4) is 0 Å². The van der Waals surface area contributed by atoms with Gasteiger partial charge in [0, 0.05) is 38.4 Å². The molecule has 4 rings (SSSR count). The number of amides is 1. The third kappa shape index (κ3) is 5.28. The number of piperazine rings is 1. The summed E-state index contributed by atoms with van der Waals surface area (Å²) in [6.45, 7) is 4.45. The normalized spacial score (nSPS) is 14.2. The molecule has 3 heterocycles. The summed E-state index contributed by atoms with van der Waals surface area (Å²) in [4.78, 5) is 16.0. The largest absolute Gasteiger partial charge is 0.470 e. The molecule has 0 radical (unpaired) electrons. The molecule has 0 saturated carbocycles. The quantitative estimate of drug-likeness (QED) is 0.467. The van der Waals surface area contributed by atoms with Crippen LogP contribution in [-0.2, 0) is 16.1 Å². The lowest BCUT2D eigenvalue weighted by Gasteiger charge is -2.34. The zero-order valence-corrected chi connectivity index (χ0v) is 18.9. The highest BCUT2D eigenvalue weighted by molar-refractivity contribution is 5.82. The maximum absolute atomic E-state index is 12.8. The van der Waals surface area contributed by atoms with Gasteiger partial charge in [0.05, 0.1) is 24.5 Å². The molecular weight excluding hydrogens is 448 g/mol. The second kappa shape index (κ2) is 10.5. The molecule has 1 amide bonds. The number of ether oxygens (including phenoxy) is 2. The zero-order valence-electron chi connectivity index (χ0n) is 18.9. The first-order chi connectivity index (χ1) is 16.5. The lowest BCUT2D eigenvalue weighted by atomic mass is 10.2. The summed E-state index contributed by atoms with van der Waals surface area (Å²) in [6, 6.07) is 9.27. The predicted molar refractivity (Wildman–Crippen MR) is 118 cm³/mol. The summed E-state index contributed by atoms with van der Waals surface area (Å²) < 4.78 is 38.0. The number of halogens is 2. The minimum absolute atomic E-state index is 0.0169. The van der Waals surface area contributed by atoms with E-state index in [0.29, 0.717) is 55.0 Å². The maximum Gasteiger partial charge on any atom is 0.263 e. The number of nitrogens with zero attached hydrogens (tertiary/aromatic N) is 7. The summed E-state index contributed by atoms with van der Waals surface area (Å²) in [7, 11) is 1.61. The second-order valence-corrected chi connectivity index (χ2v) is 7.74. The van der Waals surface area contributed by atoms with Gasteiger partial charge < -0.3 is 19.3 Å².